The zero-order chi connectivity index (χ0) is 11.9. The quantitative estimate of drug-likeness (QED) is 0.632. The molecule has 1 amide bonds. The molecule has 2 atom stereocenters. The molecule has 1 heterocycles. The summed E-state index contributed by atoms with van der Waals surface area (Å²) >= 11 is 0. The molecular formula is C12H19NO3. The molecule has 1 aliphatic carbocycles. The summed E-state index contributed by atoms with van der Waals surface area (Å²) in [5, 5.41) is 0. The summed E-state index contributed by atoms with van der Waals surface area (Å²) in [4.78, 5) is 25.2. The lowest BCUT2D eigenvalue weighted by Gasteiger charge is -2.32. The van der Waals surface area contributed by atoms with Crippen molar-refractivity contribution < 1.29 is 14.3 Å². The molecule has 0 aromatic carbocycles. The monoisotopic (exact) mass is 225 g/mol. The Bertz CT molecular complexity index is 303. The average molecular weight is 225 g/mol. The van der Waals surface area contributed by atoms with Gasteiger partial charge < -0.3 is 9.64 Å². The summed E-state index contributed by atoms with van der Waals surface area (Å²) in [6, 6.07) is 0. The van der Waals surface area contributed by atoms with E-state index in [-0.39, 0.29) is 17.9 Å². The Labute approximate surface area is 95.9 Å². The Morgan fingerprint density at radius 2 is 1.75 bits per heavy atom. The molecule has 0 radical (unpaired) electrons. The fraction of sp³-hybridized carbons (Fsp3) is 0.833. The molecule has 4 nitrogen and oxygen atoms in total. The molecule has 2 bridgehead atoms. The van der Waals surface area contributed by atoms with Crippen molar-refractivity contribution in [2.24, 2.45) is 11.8 Å². The molecule has 2 aliphatic rings. The minimum absolute atomic E-state index is 0.0614. The van der Waals surface area contributed by atoms with Gasteiger partial charge in [-0.05, 0) is 33.6 Å². The van der Waals surface area contributed by atoms with Crippen LogP contribution in [-0.4, -0.2) is 35.5 Å². The van der Waals surface area contributed by atoms with Crippen molar-refractivity contribution >= 4 is 11.9 Å². The smallest absolute Gasteiger partial charge is 0.410 e. The van der Waals surface area contributed by atoms with E-state index in [0.717, 1.165) is 12.8 Å². The predicted molar refractivity (Wildman–Crippen MR) is 59.0 cm³/mol. The summed E-state index contributed by atoms with van der Waals surface area (Å²) in [7, 11) is 0. The van der Waals surface area contributed by atoms with Gasteiger partial charge in [-0.1, -0.05) is 0 Å². The van der Waals surface area contributed by atoms with Crippen molar-refractivity contribution in [3.63, 3.8) is 0 Å². The molecular weight excluding hydrogens is 206 g/mol. The van der Waals surface area contributed by atoms with Gasteiger partial charge in [0.1, 0.15) is 11.4 Å². The second-order valence-corrected chi connectivity index (χ2v) is 5.76. The number of ether oxygens (including phenoxy) is 1. The van der Waals surface area contributed by atoms with Crippen LogP contribution in [0.15, 0.2) is 0 Å². The zero-order valence-corrected chi connectivity index (χ0v) is 10.2. The van der Waals surface area contributed by atoms with E-state index in [1.807, 2.05) is 20.8 Å². The van der Waals surface area contributed by atoms with Gasteiger partial charge >= 0.3 is 6.09 Å². The Hall–Kier alpha value is -1.06. The first kappa shape index (κ1) is 11.4. The Morgan fingerprint density at radius 3 is 2.19 bits per heavy atom. The fourth-order valence-corrected chi connectivity index (χ4v) is 2.46. The number of hydrogen-bond acceptors (Lipinski definition) is 3. The molecule has 1 saturated carbocycles. The molecule has 0 unspecified atom stereocenters. The molecule has 2 fully saturated rings. The van der Waals surface area contributed by atoms with Gasteiger partial charge in [0.2, 0.25) is 0 Å². The maximum absolute atomic E-state index is 11.8. The van der Waals surface area contributed by atoms with Crippen LogP contribution < -0.4 is 0 Å². The highest BCUT2D eigenvalue weighted by Gasteiger charge is 2.42. The Kier molecular flexibility index (Phi) is 2.68. The van der Waals surface area contributed by atoms with Gasteiger partial charge in [-0.15, -0.1) is 0 Å². The number of Topliss-reactive ketones (excluding diaryl/α,β-unsaturated/α-hetero) is 1. The maximum atomic E-state index is 11.8. The van der Waals surface area contributed by atoms with Crippen LogP contribution in [0.3, 0.4) is 0 Å². The standard InChI is InChI=1S/C12H19NO3/c1-12(2,3)16-11(15)13-6-8-4-5-9(7-13)10(8)14/h8-9H,4-7H2,1-3H3/t8-,9+. The third kappa shape index (κ3) is 2.20. The van der Waals surface area contributed by atoms with E-state index in [9.17, 15) is 9.59 Å². The number of rotatable bonds is 0. The number of likely N-dealkylation sites (tertiary alicyclic amines) is 1. The van der Waals surface area contributed by atoms with Gasteiger partial charge in [0.25, 0.3) is 0 Å². The number of ketones is 1. The first-order valence-electron chi connectivity index (χ1n) is 5.88. The highest BCUT2D eigenvalue weighted by atomic mass is 16.6. The lowest BCUT2D eigenvalue weighted by molar-refractivity contribution is -0.127. The largest absolute Gasteiger partial charge is 0.444 e. The summed E-state index contributed by atoms with van der Waals surface area (Å²) in [5.41, 5.74) is -0.461. The minimum atomic E-state index is -0.461. The van der Waals surface area contributed by atoms with Crippen LogP contribution in [0.1, 0.15) is 33.6 Å². The molecule has 16 heavy (non-hydrogen) atoms. The number of hydrogen-bond donors (Lipinski definition) is 0. The molecule has 90 valence electrons. The molecule has 4 heteroatoms. The number of fused-ring (bicyclic) bond motifs is 2. The van der Waals surface area contributed by atoms with E-state index in [2.05, 4.69) is 0 Å². The molecule has 2 rings (SSSR count). The predicted octanol–water partition coefficient (Wildman–Crippen LogP) is 1.83. The molecule has 1 aliphatic heterocycles. The van der Waals surface area contributed by atoms with Crippen LogP contribution in [-0.2, 0) is 9.53 Å². The van der Waals surface area contributed by atoms with Crippen molar-refractivity contribution in [1.29, 1.82) is 0 Å². The van der Waals surface area contributed by atoms with Crippen molar-refractivity contribution in [1.82, 2.24) is 4.90 Å². The van der Waals surface area contributed by atoms with Crippen LogP contribution >= 0.6 is 0 Å². The topological polar surface area (TPSA) is 46.6 Å². The van der Waals surface area contributed by atoms with Gasteiger partial charge in [0, 0.05) is 24.9 Å². The third-order valence-corrected chi connectivity index (χ3v) is 3.20. The lowest BCUT2D eigenvalue weighted by Crippen LogP contribution is -2.47. The maximum Gasteiger partial charge on any atom is 0.410 e. The molecule has 0 aromatic rings. The van der Waals surface area contributed by atoms with Crippen LogP contribution in [0.2, 0.25) is 0 Å². The minimum Gasteiger partial charge on any atom is -0.444 e. The molecule has 1 saturated heterocycles. The highest BCUT2D eigenvalue weighted by Crippen LogP contribution is 2.33. The van der Waals surface area contributed by atoms with Crippen molar-refractivity contribution in [3.8, 4) is 0 Å². The van der Waals surface area contributed by atoms with Gasteiger partial charge in [0.05, 0.1) is 0 Å². The SMILES string of the molecule is CC(C)(C)OC(=O)N1C[C@H]2CC[C@@H](C1)C2=O. The van der Waals surface area contributed by atoms with Gasteiger partial charge in [0.15, 0.2) is 0 Å². The van der Waals surface area contributed by atoms with Crippen LogP contribution in [0, 0.1) is 11.8 Å². The lowest BCUT2D eigenvalue weighted by atomic mass is 9.97. The van der Waals surface area contributed by atoms with Crippen LogP contribution in [0.5, 0.6) is 0 Å². The molecule has 0 spiro atoms. The van der Waals surface area contributed by atoms with E-state index in [4.69, 9.17) is 4.74 Å². The summed E-state index contributed by atoms with van der Waals surface area (Å²) in [6.07, 6.45) is 1.59. The van der Waals surface area contributed by atoms with Crippen molar-refractivity contribution in [3.05, 3.63) is 0 Å². The Balaban J connectivity index is 1.98. The molecule has 0 N–H and O–H groups in total. The average Bonchev–Trinajstić information content (AvgIpc) is 2.38. The van der Waals surface area contributed by atoms with Crippen molar-refractivity contribution in [2.75, 3.05) is 13.1 Å². The summed E-state index contributed by atoms with van der Waals surface area (Å²) in [5.74, 6) is 0.470. The van der Waals surface area contributed by atoms with Crippen molar-refractivity contribution in [2.45, 2.75) is 39.2 Å². The van der Waals surface area contributed by atoms with E-state index in [1.54, 1.807) is 4.90 Å². The van der Waals surface area contributed by atoms with E-state index in [0.29, 0.717) is 18.9 Å². The second-order valence-electron chi connectivity index (χ2n) is 5.76. The van der Waals surface area contributed by atoms with Gasteiger partial charge in [-0.25, -0.2) is 4.79 Å². The number of amides is 1. The normalized spacial score (nSPS) is 29.4. The van der Waals surface area contributed by atoms with Crippen LogP contribution in [0.4, 0.5) is 4.79 Å². The third-order valence-electron chi connectivity index (χ3n) is 3.20. The summed E-state index contributed by atoms with van der Waals surface area (Å²) < 4.78 is 5.31. The van der Waals surface area contributed by atoms with Gasteiger partial charge in [-0.3, -0.25) is 4.79 Å². The molecule has 0 aromatic heterocycles. The highest BCUT2D eigenvalue weighted by molar-refractivity contribution is 5.88. The number of carbonyl (C=O) groups is 2. The zero-order valence-electron chi connectivity index (χ0n) is 10.2. The first-order valence-corrected chi connectivity index (χ1v) is 5.88. The first-order chi connectivity index (χ1) is 7.37. The van der Waals surface area contributed by atoms with E-state index < -0.39 is 5.60 Å². The van der Waals surface area contributed by atoms with E-state index in [1.165, 1.54) is 0 Å². The van der Waals surface area contributed by atoms with Crippen LogP contribution in [0.25, 0.3) is 0 Å². The van der Waals surface area contributed by atoms with Gasteiger partial charge in [-0.2, -0.15) is 0 Å². The fourth-order valence-electron chi connectivity index (χ4n) is 2.46. The number of nitrogens with zero attached hydrogens (tertiary/aromatic N) is 1. The second kappa shape index (κ2) is 3.75. The summed E-state index contributed by atoms with van der Waals surface area (Å²) in [6.45, 7) is 6.66. The Morgan fingerprint density at radius 1 is 1.25 bits per heavy atom. The van der Waals surface area contributed by atoms with E-state index >= 15 is 0 Å². The number of carbonyl (C=O) groups excluding carboxylic acids is 2. The number of piperidine rings is 1.